The number of rotatable bonds is 3. The summed E-state index contributed by atoms with van der Waals surface area (Å²) < 4.78 is 13.1. The zero-order chi connectivity index (χ0) is 13.0. The minimum atomic E-state index is -0.879. The van der Waals surface area contributed by atoms with Gasteiger partial charge in [-0.25, -0.2) is 9.18 Å². The number of aliphatic carboxylic acids is 1. The van der Waals surface area contributed by atoms with Gasteiger partial charge in [-0.3, -0.25) is 0 Å². The number of carboxylic acid groups (broad SMARTS) is 1. The summed E-state index contributed by atoms with van der Waals surface area (Å²) in [5, 5.41) is 8.86. The Labute approximate surface area is 106 Å². The van der Waals surface area contributed by atoms with Crippen LogP contribution in [0.2, 0.25) is 0 Å². The van der Waals surface area contributed by atoms with Gasteiger partial charge in [0.15, 0.2) is 0 Å². The van der Waals surface area contributed by atoms with Gasteiger partial charge in [0, 0.05) is 6.08 Å². The van der Waals surface area contributed by atoms with Crippen LogP contribution < -0.4 is 0 Å². The van der Waals surface area contributed by atoms with E-state index in [2.05, 4.69) is 0 Å². The number of allylic oxidation sites excluding steroid dienone is 1. The number of halogens is 1. The molecule has 3 heteroatoms. The van der Waals surface area contributed by atoms with E-state index in [1.165, 1.54) is 18.2 Å². The van der Waals surface area contributed by atoms with Gasteiger partial charge in [0.1, 0.15) is 5.82 Å². The highest BCUT2D eigenvalue weighted by atomic mass is 19.1. The third kappa shape index (κ3) is 3.42. The fourth-order valence-corrected chi connectivity index (χ4v) is 2.64. The lowest BCUT2D eigenvalue weighted by atomic mass is 9.80. The standard InChI is InChI=1S/C15H17FO2/c16-14-7-3-4-11(9-14)8-12-5-1-2-6-13(12)10-15(17)18/h3-4,7,9-10,12H,1-2,5-6,8H2,(H,17,18). The molecule has 0 bridgehead atoms. The smallest absolute Gasteiger partial charge is 0.328 e. The molecule has 0 aliphatic heterocycles. The molecule has 1 N–H and O–H groups in total. The second-order valence-corrected chi connectivity index (χ2v) is 4.83. The van der Waals surface area contributed by atoms with Gasteiger partial charge in [-0.1, -0.05) is 24.1 Å². The normalized spacial score (nSPS) is 22.1. The molecule has 1 aromatic rings. The fraction of sp³-hybridized carbons (Fsp3) is 0.400. The van der Waals surface area contributed by atoms with E-state index in [0.717, 1.165) is 43.2 Å². The summed E-state index contributed by atoms with van der Waals surface area (Å²) in [6.07, 6.45) is 6.09. The summed E-state index contributed by atoms with van der Waals surface area (Å²) in [4.78, 5) is 10.8. The van der Waals surface area contributed by atoms with Crippen LogP contribution in [0, 0.1) is 11.7 Å². The number of carboxylic acids is 1. The van der Waals surface area contributed by atoms with Gasteiger partial charge >= 0.3 is 5.97 Å². The highest BCUT2D eigenvalue weighted by molar-refractivity contribution is 5.80. The molecule has 1 aliphatic carbocycles. The van der Waals surface area contributed by atoms with Crippen LogP contribution in [-0.4, -0.2) is 11.1 Å². The van der Waals surface area contributed by atoms with Crippen molar-refractivity contribution in [2.45, 2.75) is 32.1 Å². The summed E-state index contributed by atoms with van der Waals surface area (Å²) in [5.74, 6) is -0.861. The molecule has 0 aromatic heterocycles. The number of carbonyl (C=O) groups is 1. The summed E-state index contributed by atoms with van der Waals surface area (Å²) in [7, 11) is 0. The van der Waals surface area contributed by atoms with E-state index in [1.54, 1.807) is 6.07 Å². The molecule has 2 nitrogen and oxygen atoms in total. The van der Waals surface area contributed by atoms with Crippen LogP contribution in [0.4, 0.5) is 4.39 Å². The van der Waals surface area contributed by atoms with Gasteiger partial charge in [0.2, 0.25) is 0 Å². The largest absolute Gasteiger partial charge is 0.478 e. The second kappa shape index (κ2) is 5.80. The Morgan fingerprint density at radius 2 is 2.28 bits per heavy atom. The molecular weight excluding hydrogens is 231 g/mol. The third-order valence-electron chi connectivity index (χ3n) is 3.47. The van der Waals surface area contributed by atoms with Gasteiger partial charge in [-0.05, 0) is 49.3 Å². The van der Waals surface area contributed by atoms with Gasteiger partial charge in [0.25, 0.3) is 0 Å². The molecule has 96 valence electrons. The van der Waals surface area contributed by atoms with Crippen molar-refractivity contribution in [1.82, 2.24) is 0 Å². The molecule has 0 heterocycles. The quantitative estimate of drug-likeness (QED) is 0.830. The number of benzene rings is 1. The molecule has 1 unspecified atom stereocenters. The molecule has 0 spiro atoms. The molecule has 0 saturated heterocycles. The Morgan fingerprint density at radius 1 is 1.44 bits per heavy atom. The van der Waals surface area contributed by atoms with Crippen molar-refractivity contribution >= 4 is 5.97 Å². The lowest BCUT2D eigenvalue weighted by molar-refractivity contribution is -0.131. The van der Waals surface area contributed by atoms with E-state index in [0.29, 0.717) is 0 Å². The van der Waals surface area contributed by atoms with Crippen molar-refractivity contribution in [2.75, 3.05) is 0 Å². The first-order chi connectivity index (χ1) is 8.65. The van der Waals surface area contributed by atoms with Crippen LogP contribution in [0.3, 0.4) is 0 Å². The predicted octanol–water partition coefficient (Wildman–Crippen LogP) is 3.57. The van der Waals surface area contributed by atoms with Crippen LogP contribution >= 0.6 is 0 Å². The van der Waals surface area contributed by atoms with Gasteiger partial charge in [-0.2, -0.15) is 0 Å². The Morgan fingerprint density at radius 3 is 3.00 bits per heavy atom. The summed E-state index contributed by atoms with van der Waals surface area (Å²) in [6.45, 7) is 0. The van der Waals surface area contributed by atoms with E-state index in [4.69, 9.17) is 5.11 Å². The Bertz CT molecular complexity index is 465. The average molecular weight is 248 g/mol. The molecule has 1 aliphatic rings. The molecule has 18 heavy (non-hydrogen) atoms. The van der Waals surface area contributed by atoms with E-state index in [-0.39, 0.29) is 11.7 Å². The maximum Gasteiger partial charge on any atom is 0.328 e. The van der Waals surface area contributed by atoms with Crippen LogP contribution in [0.15, 0.2) is 35.9 Å². The summed E-state index contributed by atoms with van der Waals surface area (Å²) in [5.41, 5.74) is 1.94. The first kappa shape index (κ1) is 12.8. The van der Waals surface area contributed by atoms with Crippen LogP contribution in [0.1, 0.15) is 31.2 Å². The topological polar surface area (TPSA) is 37.3 Å². The fourth-order valence-electron chi connectivity index (χ4n) is 2.64. The SMILES string of the molecule is O=C(O)C=C1CCCCC1Cc1cccc(F)c1. The lowest BCUT2D eigenvalue weighted by Gasteiger charge is -2.25. The Kier molecular flexibility index (Phi) is 4.13. The van der Waals surface area contributed by atoms with Gasteiger partial charge in [0.05, 0.1) is 0 Å². The van der Waals surface area contributed by atoms with Crippen molar-refractivity contribution < 1.29 is 14.3 Å². The molecule has 1 aromatic carbocycles. The van der Waals surface area contributed by atoms with E-state index in [9.17, 15) is 9.18 Å². The first-order valence-corrected chi connectivity index (χ1v) is 6.33. The zero-order valence-electron chi connectivity index (χ0n) is 10.2. The van der Waals surface area contributed by atoms with Crippen molar-refractivity contribution in [2.24, 2.45) is 5.92 Å². The molecular formula is C15H17FO2. The molecule has 0 amide bonds. The molecule has 1 fully saturated rings. The maximum absolute atomic E-state index is 13.1. The minimum Gasteiger partial charge on any atom is -0.478 e. The van der Waals surface area contributed by atoms with E-state index < -0.39 is 5.97 Å². The summed E-state index contributed by atoms with van der Waals surface area (Å²) >= 11 is 0. The average Bonchev–Trinajstić information content (AvgIpc) is 2.31. The molecule has 1 atom stereocenters. The maximum atomic E-state index is 13.1. The zero-order valence-corrected chi connectivity index (χ0v) is 10.2. The van der Waals surface area contributed by atoms with E-state index in [1.807, 2.05) is 6.07 Å². The minimum absolute atomic E-state index is 0.230. The van der Waals surface area contributed by atoms with Crippen molar-refractivity contribution in [3.05, 3.63) is 47.3 Å². The van der Waals surface area contributed by atoms with Crippen LogP contribution in [0.5, 0.6) is 0 Å². The highest BCUT2D eigenvalue weighted by Crippen LogP contribution is 2.32. The van der Waals surface area contributed by atoms with E-state index >= 15 is 0 Å². The number of hydrogen-bond donors (Lipinski definition) is 1. The first-order valence-electron chi connectivity index (χ1n) is 6.33. The monoisotopic (exact) mass is 248 g/mol. The predicted molar refractivity (Wildman–Crippen MR) is 67.8 cm³/mol. The second-order valence-electron chi connectivity index (χ2n) is 4.83. The number of hydrogen-bond acceptors (Lipinski definition) is 1. The molecule has 1 saturated carbocycles. The van der Waals surface area contributed by atoms with Crippen molar-refractivity contribution in [3.8, 4) is 0 Å². The van der Waals surface area contributed by atoms with Crippen LogP contribution in [0.25, 0.3) is 0 Å². The summed E-state index contributed by atoms with van der Waals surface area (Å²) in [6, 6.07) is 6.56. The highest BCUT2D eigenvalue weighted by Gasteiger charge is 2.20. The Balaban J connectivity index is 2.13. The lowest BCUT2D eigenvalue weighted by Crippen LogP contribution is -2.14. The van der Waals surface area contributed by atoms with Gasteiger partial charge in [-0.15, -0.1) is 0 Å². The molecule has 2 rings (SSSR count). The van der Waals surface area contributed by atoms with Crippen molar-refractivity contribution in [1.29, 1.82) is 0 Å². The van der Waals surface area contributed by atoms with Gasteiger partial charge < -0.3 is 5.11 Å². The third-order valence-corrected chi connectivity index (χ3v) is 3.47. The Hall–Kier alpha value is -1.64. The van der Waals surface area contributed by atoms with Crippen LogP contribution in [-0.2, 0) is 11.2 Å². The van der Waals surface area contributed by atoms with Crippen molar-refractivity contribution in [3.63, 3.8) is 0 Å². The molecule has 0 radical (unpaired) electrons.